The molecule has 0 saturated carbocycles. The Hall–Kier alpha value is -1.55. The third-order valence-corrected chi connectivity index (χ3v) is 3.44. The number of carbonyl (C=O) groups excluding carboxylic acids is 1. The van der Waals surface area contributed by atoms with E-state index in [2.05, 4.69) is 0 Å². The molecule has 1 rings (SSSR count). The SMILES string of the molecule is CCN(CC(C)(C)O)C(=O)CCOc1cccc(C)c1C. The Morgan fingerprint density at radius 3 is 2.57 bits per heavy atom. The number of aryl methyl sites for hydroxylation is 1. The number of hydrogen-bond acceptors (Lipinski definition) is 3. The predicted molar refractivity (Wildman–Crippen MR) is 84.6 cm³/mol. The van der Waals surface area contributed by atoms with Crippen LogP contribution in [-0.2, 0) is 4.79 Å². The van der Waals surface area contributed by atoms with Crippen molar-refractivity contribution in [1.29, 1.82) is 0 Å². The molecular weight excluding hydrogens is 266 g/mol. The molecule has 21 heavy (non-hydrogen) atoms. The van der Waals surface area contributed by atoms with Crippen molar-refractivity contribution in [3.8, 4) is 5.75 Å². The van der Waals surface area contributed by atoms with E-state index >= 15 is 0 Å². The van der Waals surface area contributed by atoms with Crippen LogP contribution in [0.2, 0.25) is 0 Å². The van der Waals surface area contributed by atoms with Crippen LogP contribution in [0.5, 0.6) is 5.75 Å². The van der Waals surface area contributed by atoms with Gasteiger partial charge >= 0.3 is 0 Å². The minimum atomic E-state index is -0.875. The smallest absolute Gasteiger partial charge is 0.226 e. The van der Waals surface area contributed by atoms with Crippen molar-refractivity contribution in [2.45, 2.75) is 46.6 Å². The quantitative estimate of drug-likeness (QED) is 0.841. The molecule has 0 radical (unpaired) electrons. The molecule has 0 fully saturated rings. The van der Waals surface area contributed by atoms with E-state index in [9.17, 15) is 9.90 Å². The van der Waals surface area contributed by atoms with Crippen LogP contribution < -0.4 is 4.74 Å². The molecule has 1 amide bonds. The molecule has 0 aliphatic heterocycles. The molecule has 0 bridgehead atoms. The van der Waals surface area contributed by atoms with Gasteiger partial charge < -0.3 is 14.7 Å². The average molecular weight is 293 g/mol. The fourth-order valence-electron chi connectivity index (χ4n) is 2.13. The van der Waals surface area contributed by atoms with E-state index in [1.807, 2.05) is 39.0 Å². The number of likely N-dealkylation sites (N-methyl/N-ethyl adjacent to an activating group) is 1. The lowest BCUT2D eigenvalue weighted by Gasteiger charge is -2.28. The molecule has 1 aromatic rings. The standard InChI is InChI=1S/C17H27NO3/c1-6-18(12-17(4,5)20)16(19)10-11-21-15-9-7-8-13(2)14(15)3/h7-9,20H,6,10-12H2,1-5H3. The Kier molecular flexibility index (Phi) is 6.21. The number of rotatable bonds is 7. The fraction of sp³-hybridized carbons (Fsp3) is 0.588. The normalized spacial score (nSPS) is 11.3. The van der Waals surface area contributed by atoms with Crippen molar-refractivity contribution in [2.24, 2.45) is 0 Å². The third-order valence-electron chi connectivity index (χ3n) is 3.44. The van der Waals surface area contributed by atoms with Gasteiger partial charge in [0.25, 0.3) is 0 Å². The molecule has 0 atom stereocenters. The first-order chi connectivity index (χ1) is 9.74. The van der Waals surface area contributed by atoms with Crippen LogP contribution in [-0.4, -0.2) is 41.2 Å². The van der Waals surface area contributed by atoms with Crippen LogP contribution in [0, 0.1) is 13.8 Å². The predicted octanol–water partition coefficient (Wildman–Crippen LogP) is 2.69. The highest BCUT2D eigenvalue weighted by molar-refractivity contribution is 5.76. The van der Waals surface area contributed by atoms with Crippen LogP contribution >= 0.6 is 0 Å². The number of benzene rings is 1. The van der Waals surface area contributed by atoms with Crippen LogP contribution in [0.15, 0.2) is 18.2 Å². The van der Waals surface area contributed by atoms with Gasteiger partial charge in [-0.3, -0.25) is 4.79 Å². The summed E-state index contributed by atoms with van der Waals surface area (Å²) in [5, 5.41) is 9.81. The summed E-state index contributed by atoms with van der Waals surface area (Å²) in [6.07, 6.45) is 0.317. The lowest BCUT2D eigenvalue weighted by Crippen LogP contribution is -2.42. The van der Waals surface area contributed by atoms with Gasteiger partial charge in [0.15, 0.2) is 0 Å². The van der Waals surface area contributed by atoms with Gasteiger partial charge in [-0.05, 0) is 51.8 Å². The number of hydrogen-bond donors (Lipinski definition) is 1. The largest absolute Gasteiger partial charge is 0.493 e. The van der Waals surface area contributed by atoms with Crippen molar-refractivity contribution >= 4 is 5.91 Å². The third kappa shape index (κ3) is 5.76. The van der Waals surface area contributed by atoms with Gasteiger partial charge in [-0.25, -0.2) is 0 Å². The van der Waals surface area contributed by atoms with E-state index in [0.717, 1.165) is 11.3 Å². The maximum Gasteiger partial charge on any atom is 0.226 e. The Bertz CT molecular complexity index is 477. The van der Waals surface area contributed by atoms with Crippen LogP contribution in [0.25, 0.3) is 0 Å². The lowest BCUT2D eigenvalue weighted by atomic mass is 10.1. The van der Waals surface area contributed by atoms with E-state index < -0.39 is 5.60 Å². The monoisotopic (exact) mass is 293 g/mol. The highest BCUT2D eigenvalue weighted by Crippen LogP contribution is 2.20. The van der Waals surface area contributed by atoms with Crippen LogP contribution in [0.4, 0.5) is 0 Å². The van der Waals surface area contributed by atoms with Crippen LogP contribution in [0.1, 0.15) is 38.3 Å². The van der Waals surface area contributed by atoms with E-state index in [4.69, 9.17) is 4.74 Å². The van der Waals surface area contributed by atoms with Gasteiger partial charge in [0.2, 0.25) is 5.91 Å². The summed E-state index contributed by atoms with van der Waals surface area (Å²) in [6, 6.07) is 5.91. The average Bonchev–Trinajstić information content (AvgIpc) is 2.39. The zero-order valence-corrected chi connectivity index (χ0v) is 13.8. The number of nitrogens with zero attached hydrogens (tertiary/aromatic N) is 1. The van der Waals surface area contributed by atoms with Crippen LogP contribution in [0.3, 0.4) is 0 Å². The van der Waals surface area contributed by atoms with Crippen molar-refractivity contribution in [3.63, 3.8) is 0 Å². The van der Waals surface area contributed by atoms with E-state index in [1.165, 1.54) is 5.56 Å². The Morgan fingerprint density at radius 2 is 2.00 bits per heavy atom. The Balaban J connectivity index is 2.51. The van der Waals surface area contributed by atoms with Gasteiger partial charge in [-0.2, -0.15) is 0 Å². The number of ether oxygens (including phenoxy) is 1. The summed E-state index contributed by atoms with van der Waals surface area (Å²) in [5.41, 5.74) is 1.41. The van der Waals surface area contributed by atoms with Crippen molar-refractivity contribution in [3.05, 3.63) is 29.3 Å². The minimum Gasteiger partial charge on any atom is -0.493 e. The summed E-state index contributed by atoms with van der Waals surface area (Å²) in [6.45, 7) is 10.7. The molecular formula is C17H27NO3. The zero-order chi connectivity index (χ0) is 16.0. The highest BCUT2D eigenvalue weighted by atomic mass is 16.5. The van der Waals surface area contributed by atoms with Gasteiger partial charge in [-0.15, -0.1) is 0 Å². The van der Waals surface area contributed by atoms with Crippen molar-refractivity contribution < 1.29 is 14.6 Å². The maximum atomic E-state index is 12.1. The lowest BCUT2D eigenvalue weighted by molar-refractivity contribution is -0.134. The first kappa shape index (κ1) is 17.5. The van der Waals surface area contributed by atoms with Gasteiger partial charge in [0, 0.05) is 13.1 Å². The van der Waals surface area contributed by atoms with Gasteiger partial charge in [-0.1, -0.05) is 12.1 Å². The number of amides is 1. The van der Waals surface area contributed by atoms with Crippen molar-refractivity contribution in [1.82, 2.24) is 4.90 Å². The minimum absolute atomic E-state index is 0.00457. The first-order valence-corrected chi connectivity index (χ1v) is 7.43. The Labute approximate surface area is 127 Å². The molecule has 0 aliphatic rings. The summed E-state index contributed by atoms with van der Waals surface area (Å²) in [5.74, 6) is 0.832. The molecule has 0 aromatic heterocycles. The molecule has 0 spiro atoms. The molecule has 0 aliphatic carbocycles. The number of carbonyl (C=O) groups is 1. The molecule has 4 nitrogen and oxygen atoms in total. The van der Waals surface area contributed by atoms with Crippen molar-refractivity contribution in [2.75, 3.05) is 19.7 Å². The van der Waals surface area contributed by atoms with Gasteiger partial charge in [0.1, 0.15) is 5.75 Å². The van der Waals surface area contributed by atoms with Gasteiger partial charge in [0.05, 0.1) is 18.6 Å². The molecule has 0 saturated heterocycles. The summed E-state index contributed by atoms with van der Waals surface area (Å²) >= 11 is 0. The molecule has 1 aromatic carbocycles. The Morgan fingerprint density at radius 1 is 1.33 bits per heavy atom. The summed E-state index contributed by atoms with van der Waals surface area (Å²) in [4.78, 5) is 13.8. The summed E-state index contributed by atoms with van der Waals surface area (Å²) in [7, 11) is 0. The second-order valence-corrected chi connectivity index (χ2v) is 6.02. The molecule has 1 N–H and O–H groups in total. The summed E-state index contributed by atoms with van der Waals surface area (Å²) < 4.78 is 5.70. The first-order valence-electron chi connectivity index (χ1n) is 7.43. The molecule has 4 heteroatoms. The molecule has 0 unspecified atom stereocenters. The van der Waals surface area contributed by atoms with E-state index in [1.54, 1.807) is 18.7 Å². The topological polar surface area (TPSA) is 49.8 Å². The van der Waals surface area contributed by atoms with E-state index in [0.29, 0.717) is 26.1 Å². The molecule has 118 valence electrons. The van der Waals surface area contributed by atoms with E-state index in [-0.39, 0.29) is 5.91 Å². The second-order valence-electron chi connectivity index (χ2n) is 6.02. The number of aliphatic hydroxyl groups is 1. The maximum absolute atomic E-state index is 12.1. The highest BCUT2D eigenvalue weighted by Gasteiger charge is 2.21. The molecule has 0 heterocycles. The second kappa shape index (κ2) is 7.46. The fourth-order valence-corrected chi connectivity index (χ4v) is 2.13. The zero-order valence-electron chi connectivity index (χ0n) is 13.8.